The summed E-state index contributed by atoms with van der Waals surface area (Å²) in [6.45, 7) is 15.5. The molecule has 0 saturated heterocycles. The van der Waals surface area contributed by atoms with Crippen LogP contribution in [0.2, 0.25) is 0 Å². The monoisotopic (exact) mass is 934 g/mol. The smallest absolute Gasteiger partial charge is 0.533 e. The summed E-state index contributed by atoms with van der Waals surface area (Å²) in [6.07, 6.45) is 1.90. The van der Waals surface area contributed by atoms with Crippen LogP contribution in [-0.2, 0) is 31.9 Å². The van der Waals surface area contributed by atoms with Crippen LogP contribution < -0.4 is 0 Å². The van der Waals surface area contributed by atoms with Gasteiger partial charge in [0, 0.05) is 28.8 Å². The molecule has 0 radical (unpaired) electrons. The predicted octanol–water partition coefficient (Wildman–Crippen LogP) is 14.0. The number of pyridine rings is 1. The van der Waals surface area contributed by atoms with Crippen molar-refractivity contribution in [3.63, 3.8) is 0 Å². The topological polar surface area (TPSA) is 43.9 Å². The average Bonchev–Trinajstić information content (AvgIpc) is 3.80. The van der Waals surface area contributed by atoms with Crippen LogP contribution in [0, 0.1) is 19.1 Å². The van der Waals surface area contributed by atoms with Gasteiger partial charge in [-0.15, -0.1) is 46.8 Å². The molecule has 0 fully saturated rings. The second kappa shape index (κ2) is 15.2. The van der Waals surface area contributed by atoms with Crippen molar-refractivity contribution >= 4 is 22.0 Å². The summed E-state index contributed by atoms with van der Waals surface area (Å²) in [7, 11) is 0. The van der Waals surface area contributed by atoms with E-state index in [9.17, 15) is 0 Å². The second-order valence-corrected chi connectivity index (χ2v) is 17.0. The number of fused-ring (bicyclic) bond motifs is 2. The summed E-state index contributed by atoms with van der Waals surface area (Å²) in [4.78, 5) is 10.5. The van der Waals surface area contributed by atoms with Gasteiger partial charge >= 0.3 is 21.1 Å². The Bertz CT molecular complexity index is 2930. The quantitative estimate of drug-likeness (QED) is 0.156. The third kappa shape index (κ3) is 7.27. The van der Waals surface area contributed by atoms with Gasteiger partial charge in [0.25, 0.3) is 0 Å². The van der Waals surface area contributed by atoms with Crippen LogP contribution in [0.4, 0.5) is 0 Å². The van der Waals surface area contributed by atoms with E-state index < -0.39 is 0 Å². The average molecular weight is 935 g/mol. The minimum Gasteiger partial charge on any atom is -0.533 e. The van der Waals surface area contributed by atoms with E-state index in [1.165, 1.54) is 11.1 Å². The Hall–Kier alpha value is -5.83. The maximum Gasteiger partial charge on any atom is 2.00 e. The van der Waals surface area contributed by atoms with Crippen LogP contribution in [-0.4, -0.2) is 14.5 Å². The van der Waals surface area contributed by atoms with E-state index in [-0.39, 0.29) is 31.9 Å². The first-order chi connectivity index (χ1) is 27.4. The summed E-state index contributed by atoms with van der Waals surface area (Å²) in [5.74, 6) is 1.57. The molecule has 0 amide bonds. The summed E-state index contributed by atoms with van der Waals surface area (Å²) < 4.78 is 8.45. The van der Waals surface area contributed by atoms with E-state index >= 15 is 0 Å². The van der Waals surface area contributed by atoms with Crippen LogP contribution in [0.5, 0.6) is 0 Å². The van der Waals surface area contributed by atoms with Gasteiger partial charge in [-0.3, -0.25) is 4.98 Å². The van der Waals surface area contributed by atoms with Crippen molar-refractivity contribution in [2.45, 2.75) is 59.3 Å². The summed E-state index contributed by atoms with van der Waals surface area (Å²) in [5.41, 5.74) is 15.4. The zero-order valence-electron chi connectivity index (χ0n) is 33.9. The van der Waals surface area contributed by atoms with Crippen molar-refractivity contribution in [3.05, 3.63) is 175 Å². The Kier molecular flexibility index (Phi) is 10.2. The Morgan fingerprint density at radius 3 is 1.97 bits per heavy atom. The number of benzene rings is 6. The molecule has 0 N–H and O–H groups in total. The van der Waals surface area contributed by atoms with Gasteiger partial charge in [0.15, 0.2) is 0 Å². The van der Waals surface area contributed by atoms with Crippen LogP contribution in [0.25, 0.3) is 83.7 Å². The van der Waals surface area contributed by atoms with Gasteiger partial charge < -0.3 is 8.98 Å². The molecule has 6 aromatic carbocycles. The van der Waals surface area contributed by atoms with Crippen LogP contribution in [0.1, 0.15) is 58.4 Å². The Morgan fingerprint density at radius 1 is 0.569 bits per heavy atom. The van der Waals surface area contributed by atoms with Gasteiger partial charge in [-0.2, -0.15) is 0 Å². The fourth-order valence-electron chi connectivity index (χ4n) is 7.76. The van der Waals surface area contributed by atoms with Crippen LogP contribution in [0.3, 0.4) is 0 Å². The molecule has 0 atom stereocenters. The third-order valence-electron chi connectivity index (χ3n) is 10.9. The van der Waals surface area contributed by atoms with E-state index in [2.05, 4.69) is 180 Å². The zero-order chi connectivity index (χ0) is 39.5. The molecular weight excluding hydrogens is 890 g/mol. The number of nitrogens with zero attached hydrogens (tertiary/aromatic N) is 3. The van der Waals surface area contributed by atoms with Gasteiger partial charge in [0.05, 0.1) is 22.5 Å². The van der Waals surface area contributed by atoms with E-state index in [0.717, 1.165) is 89.5 Å². The van der Waals surface area contributed by atoms with Crippen molar-refractivity contribution in [2.75, 3.05) is 0 Å². The molecule has 0 aliphatic rings. The largest absolute Gasteiger partial charge is 2.00 e. The maximum absolute atomic E-state index is 6.12. The van der Waals surface area contributed by atoms with E-state index in [1.54, 1.807) is 0 Å². The molecule has 0 unspecified atom stereocenters. The zero-order valence-corrected chi connectivity index (χ0v) is 36.2. The maximum atomic E-state index is 6.12. The molecule has 4 nitrogen and oxygen atoms in total. The fraction of sp³-hybridized carbons (Fsp3) is 0.170. The van der Waals surface area contributed by atoms with Gasteiger partial charge in [0.2, 0.25) is 0 Å². The number of imidazole rings is 1. The Balaban J connectivity index is 0.00000469. The standard InChI is InChI=1S/C53H45N3O.Pt/c1-34-28-45-43(21-15-23-49(45)57-34)51-55-50-42(20-14-22-48(50)56(51)47-25-24-40(52(2,3)4)33-44(47)36-18-12-9-13-19-36)38-29-39(31-41(30-38)53(5,6)7)46-32-37(26-27-54-46)35-16-10-8-11-17-35;/h8-27,30-33H,1-7H3;/q-2;+2. The number of hydrogen-bond donors (Lipinski definition) is 0. The first-order valence-electron chi connectivity index (χ1n) is 19.7. The number of furan rings is 1. The SMILES string of the molecule is Cc1[c-]c2c(-c3nc4c(-c5[c-]c(-c6cc(-c7ccccc7)ccn6)cc(C(C)(C)C)c5)cccc4n3-c3ccc(C(C)(C)C)cc3-c3ccccc3)cccc2o1.[Pt+2]. The molecule has 3 aromatic heterocycles. The Morgan fingerprint density at radius 2 is 1.24 bits per heavy atom. The second-order valence-electron chi connectivity index (χ2n) is 17.0. The number of aryl methyl sites for hydroxylation is 1. The first-order valence-corrected chi connectivity index (χ1v) is 19.7. The minimum absolute atomic E-state index is 0. The van der Waals surface area contributed by atoms with Gasteiger partial charge in [-0.1, -0.05) is 155 Å². The van der Waals surface area contributed by atoms with Crippen molar-refractivity contribution in [1.29, 1.82) is 0 Å². The van der Waals surface area contributed by atoms with Gasteiger partial charge in [-0.25, -0.2) is 4.98 Å². The van der Waals surface area contributed by atoms with E-state index in [4.69, 9.17) is 14.4 Å². The minimum atomic E-state index is -0.127. The number of para-hydroxylation sites is 1. The molecule has 0 aliphatic carbocycles. The summed E-state index contributed by atoms with van der Waals surface area (Å²) in [6, 6.07) is 56.8. The molecule has 9 rings (SSSR count). The molecule has 3 heterocycles. The summed E-state index contributed by atoms with van der Waals surface area (Å²) in [5, 5.41) is 0.911. The molecule has 5 heteroatoms. The number of aromatic nitrogens is 3. The van der Waals surface area contributed by atoms with Crippen molar-refractivity contribution < 1.29 is 25.5 Å². The normalized spacial score (nSPS) is 11.9. The number of rotatable bonds is 6. The van der Waals surface area contributed by atoms with Crippen LogP contribution in [0.15, 0.2) is 150 Å². The molecule has 0 aliphatic heterocycles. The predicted molar refractivity (Wildman–Crippen MR) is 236 cm³/mol. The van der Waals surface area contributed by atoms with Crippen molar-refractivity contribution in [3.8, 4) is 61.7 Å². The van der Waals surface area contributed by atoms with E-state index in [0.29, 0.717) is 0 Å². The van der Waals surface area contributed by atoms with E-state index in [1.807, 2.05) is 31.3 Å². The van der Waals surface area contributed by atoms with Crippen molar-refractivity contribution in [1.82, 2.24) is 14.5 Å². The molecular formula is C53H45N3OPt. The molecule has 0 spiro atoms. The third-order valence-corrected chi connectivity index (χ3v) is 10.9. The fourth-order valence-corrected chi connectivity index (χ4v) is 7.76. The molecule has 0 bridgehead atoms. The van der Waals surface area contributed by atoms with Gasteiger partial charge in [0.1, 0.15) is 0 Å². The molecule has 288 valence electrons. The summed E-state index contributed by atoms with van der Waals surface area (Å²) >= 11 is 0. The first kappa shape index (κ1) is 39.0. The molecule has 58 heavy (non-hydrogen) atoms. The van der Waals surface area contributed by atoms with Crippen molar-refractivity contribution in [2.24, 2.45) is 0 Å². The van der Waals surface area contributed by atoms with Crippen LogP contribution >= 0.6 is 0 Å². The Labute approximate surface area is 355 Å². The van der Waals surface area contributed by atoms with Gasteiger partial charge in [-0.05, 0) is 64.3 Å². The molecule has 9 aromatic rings. The molecule has 0 saturated carbocycles. The number of hydrogen-bond acceptors (Lipinski definition) is 3.